The van der Waals surface area contributed by atoms with Crippen LogP contribution in [0.2, 0.25) is 0 Å². The van der Waals surface area contributed by atoms with Crippen LogP contribution in [0, 0.1) is 0 Å². The van der Waals surface area contributed by atoms with Gasteiger partial charge in [-0.1, -0.05) is 26.0 Å². The van der Waals surface area contributed by atoms with Crippen LogP contribution in [-0.2, 0) is 4.79 Å². The van der Waals surface area contributed by atoms with Gasteiger partial charge in [0.1, 0.15) is 6.04 Å². The molecule has 1 rings (SSSR count). The van der Waals surface area contributed by atoms with Crippen LogP contribution in [0.4, 0.5) is 8.78 Å². The van der Waals surface area contributed by atoms with E-state index in [1.54, 1.807) is 24.3 Å². The Bertz CT molecular complexity index is 472. The Morgan fingerprint density at radius 1 is 1.20 bits per heavy atom. The zero-order valence-electron chi connectivity index (χ0n) is 11.3. The van der Waals surface area contributed by atoms with Gasteiger partial charge < -0.3 is 10.4 Å². The van der Waals surface area contributed by atoms with Gasteiger partial charge in [0.2, 0.25) is 6.43 Å². The lowest BCUT2D eigenvalue weighted by molar-refractivity contribution is -0.140. The fraction of sp³-hybridized carbons (Fsp3) is 0.429. The van der Waals surface area contributed by atoms with Crippen LogP contribution >= 0.6 is 0 Å². The number of carboxylic acids is 1. The molecule has 6 heteroatoms. The summed E-state index contributed by atoms with van der Waals surface area (Å²) < 4.78 is 24.5. The number of benzene rings is 1. The molecule has 4 nitrogen and oxygen atoms in total. The monoisotopic (exact) mass is 285 g/mol. The van der Waals surface area contributed by atoms with Gasteiger partial charge in [-0.2, -0.15) is 0 Å². The molecule has 0 aliphatic carbocycles. The predicted octanol–water partition coefficient (Wildman–Crippen LogP) is 2.65. The number of carboxylic acid groups (broad SMARTS) is 1. The Hall–Kier alpha value is -1.98. The smallest absolute Gasteiger partial charge is 0.326 e. The number of alkyl halides is 2. The molecule has 1 unspecified atom stereocenters. The molecule has 0 spiro atoms. The minimum Gasteiger partial charge on any atom is -0.480 e. The molecule has 0 radical (unpaired) electrons. The Morgan fingerprint density at radius 2 is 1.75 bits per heavy atom. The van der Waals surface area contributed by atoms with E-state index >= 15 is 0 Å². The van der Waals surface area contributed by atoms with E-state index in [-0.39, 0.29) is 5.56 Å². The first kappa shape index (κ1) is 16.1. The van der Waals surface area contributed by atoms with E-state index in [9.17, 15) is 18.4 Å². The van der Waals surface area contributed by atoms with Crippen molar-refractivity contribution >= 4 is 11.9 Å². The molecule has 0 bridgehead atoms. The number of hydrogen-bond donors (Lipinski definition) is 2. The van der Waals surface area contributed by atoms with Crippen LogP contribution in [0.15, 0.2) is 24.3 Å². The molecule has 1 aromatic carbocycles. The number of amides is 1. The molecule has 0 aromatic heterocycles. The summed E-state index contributed by atoms with van der Waals surface area (Å²) in [5.74, 6) is -1.84. The quantitative estimate of drug-likeness (QED) is 0.844. The van der Waals surface area contributed by atoms with E-state index in [0.717, 1.165) is 5.56 Å². The van der Waals surface area contributed by atoms with Gasteiger partial charge in [-0.15, -0.1) is 0 Å². The molecule has 110 valence electrons. The van der Waals surface area contributed by atoms with Crippen molar-refractivity contribution in [3.8, 4) is 0 Å². The number of carbonyl (C=O) groups is 2. The number of halogens is 2. The lowest BCUT2D eigenvalue weighted by Gasteiger charge is -2.14. The molecule has 0 fully saturated rings. The van der Waals surface area contributed by atoms with Gasteiger partial charge >= 0.3 is 5.97 Å². The maximum atomic E-state index is 12.2. The topological polar surface area (TPSA) is 66.4 Å². The average molecular weight is 285 g/mol. The molecule has 0 saturated heterocycles. The van der Waals surface area contributed by atoms with Crippen molar-refractivity contribution in [2.24, 2.45) is 0 Å². The fourth-order valence-corrected chi connectivity index (χ4v) is 1.66. The highest BCUT2D eigenvalue weighted by Gasteiger charge is 2.24. The summed E-state index contributed by atoms with van der Waals surface area (Å²) in [7, 11) is 0. The van der Waals surface area contributed by atoms with Gasteiger partial charge in [0.05, 0.1) is 0 Å². The Morgan fingerprint density at radius 3 is 2.15 bits per heavy atom. The van der Waals surface area contributed by atoms with Gasteiger partial charge in [0, 0.05) is 12.0 Å². The molecule has 20 heavy (non-hydrogen) atoms. The van der Waals surface area contributed by atoms with Crippen molar-refractivity contribution in [3.63, 3.8) is 0 Å². The second-order valence-electron chi connectivity index (χ2n) is 4.77. The second-order valence-corrected chi connectivity index (χ2v) is 4.77. The highest BCUT2D eigenvalue weighted by Crippen LogP contribution is 2.15. The minimum absolute atomic E-state index is 0.245. The number of nitrogens with one attached hydrogen (secondary N) is 1. The molecule has 2 N–H and O–H groups in total. The normalized spacial score (nSPS) is 12.5. The SMILES string of the molecule is CC(C)c1ccc(C(=O)NC(CC(F)F)C(=O)O)cc1. The molecule has 0 saturated carbocycles. The highest BCUT2D eigenvalue weighted by atomic mass is 19.3. The number of rotatable bonds is 6. The average Bonchev–Trinajstić information content (AvgIpc) is 2.37. The Kier molecular flexibility index (Phi) is 5.61. The van der Waals surface area contributed by atoms with Crippen LogP contribution in [-0.4, -0.2) is 29.5 Å². The largest absolute Gasteiger partial charge is 0.480 e. The fourth-order valence-electron chi connectivity index (χ4n) is 1.66. The van der Waals surface area contributed by atoms with Gasteiger partial charge in [0.25, 0.3) is 5.91 Å². The molecule has 1 aromatic rings. The van der Waals surface area contributed by atoms with Gasteiger partial charge in [-0.25, -0.2) is 13.6 Å². The van der Waals surface area contributed by atoms with E-state index in [1.807, 2.05) is 13.8 Å². The van der Waals surface area contributed by atoms with Crippen molar-refractivity contribution in [2.75, 3.05) is 0 Å². The van der Waals surface area contributed by atoms with Crippen LogP contribution in [0.25, 0.3) is 0 Å². The maximum absolute atomic E-state index is 12.2. The third kappa shape index (κ3) is 4.60. The summed E-state index contributed by atoms with van der Waals surface area (Å²) in [5, 5.41) is 10.9. The molecule has 1 amide bonds. The standard InChI is InChI=1S/C14H17F2NO3/c1-8(2)9-3-5-10(6-4-9)13(18)17-11(14(19)20)7-12(15)16/h3-6,8,11-12H,7H2,1-2H3,(H,17,18)(H,19,20). The molecule has 0 aliphatic heterocycles. The van der Waals surface area contributed by atoms with E-state index in [0.29, 0.717) is 5.92 Å². The summed E-state index contributed by atoms with van der Waals surface area (Å²) in [4.78, 5) is 22.6. The third-order valence-corrected chi connectivity index (χ3v) is 2.86. The van der Waals surface area contributed by atoms with E-state index in [1.165, 1.54) is 0 Å². The van der Waals surface area contributed by atoms with E-state index in [2.05, 4.69) is 5.32 Å². The molecular formula is C14H17F2NO3. The van der Waals surface area contributed by atoms with Crippen molar-refractivity contribution in [1.29, 1.82) is 0 Å². The number of carbonyl (C=O) groups excluding carboxylic acids is 1. The number of aliphatic carboxylic acids is 1. The van der Waals surface area contributed by atoms with Gasteiger partial charge in [0.15, 0.2) is 0 Å². The molecule has 0 aliphatic rings. The van der Waals surface area contributed by atoms with Crippen LogP contribution in [0.5, 0.6) is 0 Å². The molecule has 0 heterocycles. The van der Waals surface area contributed by atoms with Crippen LogP contribution < -0.4 is 5.32 Å². The van der Waals surface area contributed by atoms with Crippen molar-refractivity contribution in [3.05, 3.63) is 35.4 Å². The first-order valence-electron chi connectivity index (χ1n) is 6.23. The van der Waals surface area contributed by atoms with Crippen molar-refractivity contribution in [2.45, 2.75) is 38.7 Å². The Labute approximate surface area is 115 Å². The zero-order valence-corrected chi connectivity index (χ0v) is 11.3. The van der Waals surface area contributed by atoms with Gasteiger partial charge in [-0.3, -0.25) is 4.79 Å². The first-order valence-corrected chi connectivity index (χ1v) is 6.23. The third-order valence-electron chi connectivity index (χ3n) is 2.86. The second kappa shape index (κ2) is 6.98. The maximum Gasteiger partial charge on any atom is 0.326 e. The van der Waals surface area contributed by atoms with E-state index in [4.69, 9.17) is 5.11 Å². The zero-order chi connectivity index (χ0) is 15.3. The first-order chi connectivity index (χ1) is 9.31. The lowest BCUT2D eigenvalue weighted by Crippen LogP contribution is -2.42. The summed E-state index contributed by atoms with van der Waals surface area (Å²) >= 11 is 0. The van der Waals surface area contributed by atoms with Crippen molar-refractivity contribution in [1.82, 2.24) is 5.32 Å². The van der Waals surface area contributed by atoms with Gasteiger partial charge in [-0.05, 0) is 23.6 Å². The number of hydrogen-bond acceptors (Lipinski definition) is 2. The van der Waals surface area contributed by atoms with E-state index < -0.39 is 30.8 Å². The van der Waals surface area contributed by atoms with Crippen LogP contribution in [0.1, 0.15) is 42.1 Å². The molecular weight excluding hydrogens is 268 g/mol. The summed E-state index contributed by atoms with van der Waals surface area (Å²) in [5.41, 5.74) is 1.28. The van der Waals surface area contributed by atoms with Crippen molar-refractivity contribution < 1.29 is 23.5 Å². The minimum atomic E-state index is -2.79. The lowest BCUT2D eigenvalue weighted by atomic mass is 10.0. The molecule has 1 atom stereocenters. The highest BCUT2D eigenvalue weighted by molar-refractivity contribution is 5.96. The van der Waals surface area contributed by atoms with Crippen LogP contribution in [0.3, 0.4) is 0 Å². The summed E-state index contributed by atoms with van der Waals surface area (Å²) in [6.07, 6.45) is -3.70. The predicted molar refractivity (Wildman–Crippen MR) is 70.0 cm³/mol. The Balaban J connectivity index is 2.76. The summed E-state index contributed by atoms with van der Waals surface area (Å²) in [6, 6.07) is 5.01. The summed E-state index contributed by atoms with van der Waals surface area (Å²) in [6.45, 7) is 4.00.